The molecule has 0 aliphatic carbocycles. The average molecular weight is 303 g/mol. The third kappa shape index (κ3) is 3.85. The number of likely N-dealkylation sites (N-methyl/N-ethyl adjacent to an activating group) is 1. The second-order valence-corrected chi connectivity index (χ2v) is 6.23. The van der Waals surface area contributed by atoms with Gasteiger partial charge in [-0.15, -0.1) is 0 Å². The molecule has 1 heterocycles. The number of carbonyl (C=O) groups excluding carboxylic acids is 2. The molecule has 2 amide bonds. The van der Waals surface area contributed by atoms with Gasteiger partial charge in [-0.25, -0.2) is 0 Å². The number of nitrogens with zero attached hydrogens (tertiary/aromatic N) is 2. The van der Waals surface area contributed by atoms with Crippen molar-refractivity contribution in [3.8, 4) is 0 Å². The first kappa shape index (κ1) is 16.5. The quantitative estimate of drug-likeness (QED) is 0.923. The Morgan fingerprint density at radius 1 is 1.32 bits per heavy atom. The topological polar surface area (TPSA) is 52.7 Å². The van der Waals surface area contributed by atoms with E-state index >= 15 is 0 Å². The fraction of sp³-hybridized carbons (Fsp3) is 0.529. The zero-order valence-electron chi connectivity index (χ0n) is 13.8. The second-order valence-electron chi connectivity index (χ2n) is 6.23. The molecule has 0 bridgehead atoms. The molecule has 0 spiro atoms. The molecule has 0 aromatic heterocycles. The average Bonchev–Trinajstić information content (AvgIpc) is 2.89. The molecular formula is C17H25N3O2. The lowest BCUT2D eigenvalue weighted by molar-refractivity contribution is -0.133. The summed E-state index contributed by atoms with van der Waals surface area (Å²) < 4.78 is 0. The molecule has 5 nitrogen and oxygen atoms in total. The van der Waals surface area contributed by atoms with Crippen LogP contribution in [0.1, 0.15) is 24.0 Å². The molecule has 1 saturated heterocycles. The van der Waals surface area contributed by atoms with E-state index in [1.54, 1.807) is 19.0 Å². The van der Waals surface area contributed by atoms with E-state index < -0.39 is 0 Å². The summed E-state index contributed by atoms with van der Waals surface area (Å²) in [5.41, 5.74) is 3.00. The minimum Gasteiger partial charge on any atom is -0.347 e. The molecule has 22 heavy (non-hydrogen) atoms. The summed E-state index contributed by atoms with van der Waals surface area (Å²) in [6, 6.07) is 5.83. The predicted octanol–water partition coefficient (Wildman–Crippen LogP) is 1.79. The number of aryl methyl sites for hydroxylation is 2. The first-order valence-electron chi connectivity index (χ1n) is 7.71. The fourth-order valence-corrected chi connectivity index (χ4v) is 2.84. The molecule has 5 heteroatoms. The van der Waals surface area contributed by atoms with Crippen LogP contribution in [-0.4, -0.2) is 54.8 Å². The van der Waals surface area contributed by atoms with Crippen LogP contribution >= 0.6 is 0 Å². The molecule has 0 radical (unpaired) electrons. The Balaban J connectivity index is 1.99. The lowest BCUT2D eigenvalue weighted by atomic mass is 10.1. The van der Waals surface area contributed by atoms with Crippen LogP contribution in [0, 0.1) is 13.8 Å². The highest BCUT2D eigenvalue weighted by Gasteiger charge is 2.32. The van der Waals surface area contributed by atoms with Crippen LogP contribution in [0.2, 0.25) is 0 Å². The highest BCUT2D eigenvalue weighted by atomic mass is 16.2. The zero-order chi connectivity index (χ0) is 16.3. The molecule has 1 N–H and O–H groups in total. The molecule has 1 aliphatic rings. The Morgan fingerprint density at radius 2 is 2.05 bits per heavy atom. The van der Waals surface area contributed by atoms with E-state index in [-0.39, 0.29) is 24.4 Å². The van der Waals surface area contributed by atoms with Crippen molar-refractivity contribution in [3.05, 3.63) is 29.3 Å². The maximum atomic E-state index is 12.3. The van der Waals surface area contributed by atoms with Crippen LogP contribution in [0.3, 0.4) is 0 Å². The summed E-state index contributed by atoms with van der Waals surface area (Å²) in [5.74, 6) is 0.0178. The Hall–Kier alpha value is -1.88. The number of carbonyl (C=O) groups is 2. The number of rotatable bonds is 4. The van der Waals surface area contributed by atoms with Crippen molar-refractivity contribution >= 4 is 17.5 Å². The van der Waals surface area contributed by atoms with Gasteiger partial charge >= 0.3 is 0 Å². The Bertz CT molecular complexity index is 569. The number of hydrogen-bond acceptors (Lipinski definition) is 3. The minimum atomic E-state index is -0.167. The van der Waals surface area contributed by atoms with Crippen molar-refractivity contribution in [2.24, 2.45) is 0 Å². The van der Waals surface area contributed by atoms with Crippen LogP contribution in [0.4, 0.5) is 5.69 Å². The Morgan fingerprint density at radius 3 is 2.73 bits per heavy atom. The summed E-state index contributed by atoms with van der Waals surface area (Å²) in [6.07, 6.45) is 1.79. The van der Waals surface area contributed by atoms with Gasteiger partial charge in [0.05, 0.1) is 12.6 Å². The summed E-state index contributed by atoms with van der Waals surface area (Å²) in [4.78, 5) is 28.0. The minimum absolute atomic E-state index is 0.0628. The van der Waals surface area contributed by atoms with Crippen molar-refractivity contribution in [3.63, 3.8) is 0 Å². The number of nitrogens with one attached hydrogen (secondary N) is 1. The third-order valence-corrected chi connectivity index (χ3v) is 4.10. The van der Waals surface area contributed by atoms with Gasteiger partial charge in [0, 0.05) is 19.8 Å². The van der Waals surface area contributed by atoms with Crippen molar-refractivity contribution in [1.29, 1.82) is 0 Å². The number of likely N-dealkylation sites (tertiary alicyclic amines) is 1. The zero-order valence-corrected chi connectivity index (χ0v) is 13.8. The van der Waals surface area contributed by atoms with E-state index in [1.165, 1.54) is 0 Å². The van der Waals surface area contributed by atoms with Gasteiger partial charge in [0.2, 0.25) is 11.8 Å². The number of benzene rings is 1. The molecule has 120 valence electrons. The summed E-state index contributed by atoms with van der Waals surface area (Å²) in [6.45, 7) is 5.03. The molecular weight excluding hydrogens is 278 g/mol. The van der Waals surface area contributed by atoms with Crippen molar-refractivity contribution in [2.75, 3.05) is 32.5 Å². The molecule has 1 atom stereocenters. The molecule has 0 saturated carbocycles. The lowest BCUT2D eigenvalue weighted by Gasteiger charge is -2.25. The highest BCUT2D eigenvalue weighted by Crippen LogP contribution is 2.20. The van der Waals surface area contributed by atoms with Crippen LogP contribution in [-0.2, 0) is 9.59 Å². The van der Waals surface area contributed by atoms with Gasteiger partial charge in [0.15, 0.2) is 0 Å². The molecule has 1 fully saturated rings. The number of amides is 2. The molecule has 1 aromatic carbocycles. The molecule has 2 rings (SSSR count). The van der Waals surface area contributed by atoms with Crippen molar-refractivity contribution in [2.45, 2.75) is 32.7 Å². The smallest absolute Gasteiger partial charge is 0.239 e. The van der Waals surface area contributed by atoms with Crippen LogP contribution in [0.25, 0.3) is 0 Å². The maximum absolute atomic E-state index is 12.3. The summed E-state index contributed by atoms with van der Waals surface area (Å²) in [7, 11) is 3.52. The van der Waals surface area contributed by atoms with E-state index in [0.29, 0.717) is 0 Å². The first-order valence-corrected chi connectivity index (χ1v) is 7.71. The fourth-order valence-electron chi connectivity index (χ4n) is 2.84. The molecule has 1 aromatic rings. The van der Waals surface area contributed by atoms with Crippen molar-refractivity contribution < 1.29 is 9.59 Å². The van der Waals surface area contributed by atoms with Crippen molar-refractivity contribution in [1.82, 2.24) is 9.80 Å². The van der Waals surface area contributed by atoms with E-state index in [2.05, 4.69) is 5.32 Å². The third-order valence-electron chi connectivity index (χ3n) is 4.10. The largest absolute Gasteiger partial charge is 0.347 e. The number of anilines is 1. The Kier molecular flexibility index (Phi) is 5.19. The maximum Gasteiger partial charge on any atom is 0.239 e. The summed E-state index contributed by atoms with van der Waals surface area (Å²) in [5, 5.41) is 2.96. The van der Waals surface area contributed by atoms with E-state index in [4.69, 9.17) is 0 Å². The van der Waals surface area contributed by atoms with Gasteiger partial charge in [0.1, 0.15) is 0 Å². The van der Waals surface area contributed by atoms with E-state index in [9.17, 15) is 9.59 Å². The SMILES string of the molecule is Cc1ccc(C)c(NC(=O)CN2CCC[C@@H]2C(=O)N(C)C)c1. The van der Waals surface area contributed by atoms with Gasteiger partial charge < -0.3 is 10.2 Å². The van der Waals surface area contributed by atoms with Gasteiger partial charge in [0.25, 0.3) is 0 Å². The normalized spacial score (nSPS) is 18.3. The van der Waals surface area contributed by atoms with E-state index in [1.807, 2.05) is 36.9 Å². The molecule has 1 aliphatic heterocycles. The van der Waals surface area contributed by atoms with Gasteiger partial charge in [-0.1, -0.05) is 12.1 Å². The Labute approximate surface area is 132 Å². The van der Waals surface area contributed by atoms with E-state index in [0.717, 1.165) is 36.2 Å². The lowest BCUT2D eigenvalue weighted by Crippen LogP contribution is -2.45. The second kappa shape index (κ2) is 6.92. The van der Waals surface area contributed by atoms with Crippen LogP contribution < -0.4 is 5.32 Å². The monoisotopic (exact) mass is 303 g/mol. The standard InChI is InChI=1S/C17H25N3O2/c1-12-7-8-13(2)14(10-12)18-16(21)11-20-9-5-6-15(20)17(22)19(3)4/h7-8,10,15H,5-6,9,11H2,1-4H3,(H,18,21)/t15-/m1/s1. The number of hydrogen-bond donors (Lipinski definition) is 1. The van der Waals surface area contributed by atoms with Gasteiger partial charge in [-0.05, 0) is 50.4 Å². The van der Waals surface area contributed by atoms with Crippen LogP contribution in [0.5, 0.6) is 0 Å². The highest BCUT2D eigenvalue weighted by molar-refractivity contribution is 5.93. The predicted molar refractivity (Wildman–Crippen MR) is 87.8 cm³/mol. The molecule has 0 unspecified atom stereocenters. The van der Waals surface area contributed by atoms with Gasteiger partial charge in [-0.3, -0.25) is 14.5 Å². The summed E-state index contributed by atoms with van der Waals surface area (Å²) >= 11 is 0. The van der Waals surface area contributed by atoms with Crippen LogP contribution in [0.15, 0.2) is 18.2 Å². The van der Waals surface area contributed by atoms with Gasteiger partial charge in [-0.2, -0.15) is 0 Å². The first-order chi connectivity index (χ1) is 10.4.